The lowest BCUT2D eigenvalue weighted by atomic mass is 9.47. The van der Waals surface area contributed by atoms with Crippen LogP contribution in [0.1, 0.15) is 44.1 Å². The fraction of sp³-hybridized carbons (Fsp3) is 0.125. The molecule has 0 saturated carbocycles. The molecule has 2 atom stereocenters. The molecular weight excluding hydrogens is 502 g/mol. The Bertz CT molecular complexity index is 1740. The van der Waals surface area contributed by atoms with Crippen LogP contribution in [0.2, 0.25) is 0 Å². The fourth-order valence-corrected chi connectivity index (χ4v) is 6.81. The monoisotopic (exact) mass is 523 g/mol. The Hall–Kier alpha value is -5.42. The minimum Gasteiger partial charge on any atom is -0.274 e. The van der Waals surface area contributed by atoms with E-state index in [0.717, 1.165) is 22.3 Å². The van der Waals surface area contributed by atoms with Gasteiger partial charge in [0.15, 0.2) is 0 Å². The van der Waals surface area contributed by atoms with E-state index >= 15 is 0 Å². The van der Waals surface area contributed by atoms with Crippen molar-refractivity contribution in [3.8, 4) is 6.07 Å². The Kier molecular flexibility index (Phi) is 5.22. The average molecular weight is 524 g/mol. The van der Waals surface area contributed by atoms with Crippen LogP contribution < -0.4 is 10.3 Å². The summed E-state index contributed by atoms with van der Waals surface area (Å²) in [6.45, 7) is 0. The third-order valence-electron chi connectivity index (χ3n) is 8.33. The van der Waals surface area contributed by atoms with Crippen molar-refractivity contribution in [1.82, 2.24) is 10.4 Å². The van der Waals surface area contributed by atoms with Crippen LogP contribution in [-0.4, -0.2) is 28.9 Å². The second-order valence-electron chi connectivity index (χ2n) is 10.1. The molecule has 1 N–H and O–H groups in total. The molecular formula is C32H21N5O3. The molecule has 40 heavy (non-hydrogen) atoms. The summed E-state index contributed by atoms with van der Waals surface area (Å²) in [5, 5.41) is 14.2. The summed E-state index contributed by atoms with van der Waals surface area (Å²) in [5.74, 6) is -3.01. The Labute approximate surface area is 229 Å². The second-order valence-corrected chi connectivity index (χ2v) is 10.1. The summed E-state index contributed by atoms with van der Waals surface area (Å²) in [6, 6.07) is 27.5. The Morgan fingerprint density at radius 2 is 1.52 bits per heavy atom. The van der Waals surface area contributed by atoms with Gasteiger partial charge in [0.05, 0.1) is 28.5 Å². The van der Waals surface area contributed by atoms with Crippen LogP contribution in [0.15, 0.2) is 102 Å². The van der Waals surface area contributed by atoms with Gasteiger partial charge in [-0.15, -0.1) is 0 Å². The molecule has 0 spiro atoms. The van der Waals surface area contributed by atoms with Crippen molar-refractivity contribution in [2.75, 3.05) is 4.90 Å². The molecule has 8 rings (SSSR count). The molecule has 4 aliphatic rings. The van der Waals surface area contributed by atoms with Gasteiger partial charge in [0, 0.05) is 30.1 Å². The summed E-state index contributed by atoms with van der Waals surface area (Å²) in [4.78, 5) is 46.5. The summed E-state index contributed by atoms with van der Waals surface area (Å²) in [5.41, 5.74) is 6.04. The van der Waals surface area contributed by atoms with Crippen molar-refractivity contribution >= 4 is 29.6 Å². The van der Waals surface area contributed by atoms with Crippen LogP contribution in [0.25, 0.3) is 0 Å². The topological polar surface area (TPSA) is 116 Å². The van der Waals surface area contributed by atoms with Crippen molar-refractivity contribution in [3.05, 3.63) is 131 Å². The number of anilines is 1. The van der Waals surface area contributed by atoms with E-state index in [0.29, 0.717) is 5.56 Å². The molecule has 3 amide bonds. The van der Waals surface area contributed by atoms with Crippen LogP contribution in [0, 0.1) is 23.2 Å². The SMILES string of the molecule is N#Cc1ccccc1N1C(=O)[C@@H]2[C@@H](C1=O)C1c3ccccc3C2(/C=N\NC(=O)c2ccncc2)c2ccccc21. The van der Waals surface area contributed by atoms with Gasteiger partial charge >= 0.3 is 0 Å². The summed E-state index contributed by atoms with van der Waals surface area (Å²) < 4.78 is 0. The van der Waals surface area contributed by atoms with Gasteiger partial charge in [-0.2, -0.15) is 10.4 Å². The predicted molar refractivity (Wildman–Crippen MR) is 146 cm³/mol. The van der Waals surface area contributed by atoms with E-state index in [1.54, 1.807) is 42.6 Å². The highest BCUT2D eigenvalue weighted by Gasteiger charge is 2.68. The van der Waals surface area contributed by atoms with Gasteiger partial charge in [-0.3, -0.25) is 19.4 Å². The normalized spacial score (nSPS) is 23.9. The molecule has 8 heteroatoms. The molecule has 2 bridgehead atoms. The predicted octanol–water partition coefficient (Wildman–Crippen LogP) is 3.92. The van der Waals surface area contributed by atoms with E-state index in [1.807, 2.05) is 48.5 Å². The molecule has 1 aliphatic heterocycles. The van der Waals surface area contributed by atoms with Gasteiger partial charge in [0.2, 0.25) is 11.8 Å². The number of hydrogen-bond acceptors (Lipinski definition) is 6. The zero-order chi connectivity index (χ0) is 27.4. The highest BCUT2D eigenvalue weighted by atomic mass is 16.2. The smallest absolute Gasteiger partial charge is 0.271 e. The summed E-state index contributed by atoms with van der Waals surface area (Å²) in [6.07, 6.45) is 4.66. The average Bonchev–Trinajstić information content (AvgIpc) is 3.28. The van der Waals surface area contributed by atoms with Crippen LogP contribution in [-0.2, 0) is 15.0 Å². The number of nitrogens with zero attached hydrogens (tertiary/aromatic N) is 4. The summed E-state index contributed by atoms with van der Waals surface area (Å²) in [7, 11) is 0. The van der Waals surface area contributed by atoms with Crippen molar-refractivity contribution in [2.24, 2.45) is 16.9 Å². The first-order chi connectivity index (χ1) is 19.6. The van der Waals surface area contributed by atoms with Gasteiger partial charge in [-0.25, -0.2) is 10.3 Å². The first-order valence-corrected chi connectivity index (χ1v) is 12.9. The summed E-state index contributed by atoms with van der Waals surface area (Å²) >= 11 is 0. The Morgan fingerprint density at radius 1 is 0.900 bits per heavy atom. The van der Waals surface area contributed by atoms with Crippen molar-refractivity contribution in [1.29, 1.82) is 5.26 Å². The maximum absolute atomic E-state index is 14.4. The number of hydrogen-bond donors (Lipinski definition) is 1. The van der Waals surface area contributed by atoms with Crippen LogP contribution in [0.3, 0.4) is 0 Å². The number of carbonyl (C=O) groups excluding carboxylic acids is 3. The van der Waals surface area contributed by atoms with E-state index in [9.17, 15) is 19.6 Å². The third-order valence-corrected chi connectivity index (χ3v) is 8.33. The number of amides is 3. The van der Waals surface area contributed by atoms with Crippen molar-refractivity contribution in [3.63, 3.8) is 0 Å². The fourth-order valence-electron chi connectivity index (χ4n) is 6.81. The molecule has 1 fully saturated rings. The maximum Gasteiger partial charge on any atom is 0.271 e. The highest BCUT2D eigenvalue weighted by Crippen LogP contribution is 2.63. The van der Waals surface area contributed by atoms with Crippen molar-refractivity contribution < 1.29 is 14.4 Å². The molecule has 192 valence electrons. The Morgan fingerprint density at radius 3 is 2.20 bits per heavy atom. The van der Waals surface area contributed by atoms with Gasteiger partial charge < -0.3 is 0 Å². The number of nitriles is 1. The number of benzene rings is 3. The van der Waals surface area contributed by atoms with Gasteiger partial charge in [-0.1, -0.05) is 60.7 Å². The third kappa shape index (κ3) is 3.09. The highest BCUT2D eigenvalue weighted by molar-refractivity contribution is 6.25. The van der Waals surface area contributed by atoms with Crippen molar-refractivity contribution in [2.45, 2.75) is 11.3 Å². The zero-order valence-corrected chi connectivity index (χ0v) is 21.1. The van der Waals surface area contributed by atoms with E-state index < -0.39 is 29.1 Å². The molecule has 2 heterocycles. The number of hydrazone groups is 1. The molecule has 3 aliphatic carbocycles. The molecule has 1 aromatic heterocycles. The molecule has 0 unspecified atom stereocenters. The Balaban J connectivity index is 1.43. The molecule has 1 saturated heterocycles. The van der Waals surface area contributed by atoms with E-state index in [1.165, 1.54) is 17.3 Å². The second kappa shape index (κ2) is 8.82. The number of pyridine rings is 1. The number of imide groups is 1. The van der Waals surface area contributed by atoms with E-state index in [2.05, 4.69) is 21.6 Å². The molecule has 8 nitrogen and oxygen atoms in total. The largest absolute Gasteiger partial charge is 0.274 e. The lowest BCUT2D eigenvalue weighted by Gasteiger charge is -2.52. The van der Waals surface area contributed by atoms with Crippen LogP contribution in [0.4, 0.5) is 5.69 Å². The zero-order valence-electron chi connectivity index (χ0n) is 21.1. The maximum atomic E-state index is 14.4. The lowest BCUT2D eigenvalue weighted by Crippen LogP contribution is -2.54. The van der Waals surface area contributed by atoms with Crippen LogP contribution >= 0.6 is 0 Å². The minimum atomic E-state index is -1.12. The number of nitrogens with one attached hydrogen (secondary N) is 1. The number of rotatable bonds is 4. The molecule has 3 aromatic carbocycles. The van der Waals surface area contributed by atoms with E-state index in [-0.39, 0.29) is 23.1 Å². The van der Waals surface area contributed by atoms with Crippen LogP contribution in [0.5, 0.6) is 0 Å². The van der Waals surface area contributed by atoms with Gasteiger partial charge in [-0.05, 0) is 46.5 Å². The first-order valence-electron chi connectivity index (χ1n) is 12.9. The molecule has 0 radical (unpaired) electrons. The van der Waals surface area contributed by atoms with Gasteiger partial charge in [0.25, 0.3) is 5.91 Å². The first kappa shape index (κ1) is 23.7. The number of para-hydroxylation sites is 1. The number of aromatic nitrogens is 1. The quantitative estimate of drug-likeness (QED) is 0.247. The van der Waals surface area contributed by atoms with Gasteiger partial charge in [0.1, 0.15) is 6.07 Å². The van der Waals surface area contributed by atoms with E-state index in [4.69, 9.17) is 0 Å². The minimum absolute atomic E-state index is 0.248. The number of carbonyl (C=O) groups is 3. The standard InChI is InChI=1S/C32H21N5O3/c33-17-20-7-1-6-12-25(20)37-30(39)27-26-21-8-2-4-10-23(21)32(28(27)31(37)40,24-11-5-3-9-22(24)26)18-35-36-29(38)19-13-15-34-16-14-19/h1-16,18,26-28H,(H,36,38)/b35-18-/t26?,27-,28-,32?/m0/s1. The lowest BCUT2D eigenvalue weighted by molar-refractivity contribution is -0.122. The molecule has 4 aromatic rings.